The van der Waals surface area contributed by atoms with E-state index >= 15 is 0 Å². The molecule has 0 amide bonds. The van der Waals surface area contributed by atoms with Crippen LogP contribution in [0.3, 0.4) is 0 Å². The minimum Gasteiger partial charge on any atom is -0.494 e. The minimum atomic E-state index is -0.526. The highest BCUT2D eigenvalue weighted by Crippen LogP contribution is 2.58. The number of nitrogens with zero attached hydrogens (tertiary/aromatic N) is 1. The zero-order valence-corrected chi connectivity index (χ0v) is 9.40. The molecule has 0 saturated heterocycles. The van der Waals surface area contributed by atoms with Gasteiger partial charge in [-0.1, -0.05) is 13.0 Å². The van der Waals surface area contributed by atoms with Crippen LogP contribution in [0.5, 0.6) is 11.8 Å². The Morgan fingerprint density at radius 3 is 2.75 bits per heavy atom. The third kappa shape index (κ3) is 0.849. The summed E-state index contributed by atoms with van der Waals surface area (Å²) in [5.41, 5.74) is 0.965. The molecule has 0 saturated carbocycles. The Morgan fingerprint density at radius 1 is 1.38 bits per heavy atom. The quantitative estimate of drug-likeness (QED) is 0.752. The van der Waals surface area contributed by atoms with Crippen LogP contribution in [0.15, 0.2) is 12.2 Å². The largest absolute Gasteiger partial charge is 0.494 e. The fraction of sp³-hybridized carbons (Fsp3) is 0.500. The average molecular weight is 221 g/mol. The maximum Gasteiger partial charge on any atom is 0.200 e. The normalized spacial score (nSPS) is 30.0. The predicted octanol–water partition coefficient (Wildman–Crippen LogP) is 2.17. The lowest BCUT2D eigenvalue weighted by atomic mass is 9.88. The number of hydrogen-bond acceptors (Lipinski definition) is 3. The molecule has 0 aromatic carbocycles. The van der Waals surface area contributed by atoms with Gasteiger partial charge < -0.3 is 14.9 Å². The van der Waals surface area contributed by atoms with Crippen molar-refractivity contribution in [1.82, 2.24) is 4.57 Å². The highest BCUT2D eigenvalue weighted by Gasteiger charge is 2.51. The summed E-state index contributed by atoms with van der Waals surface area (Å²) in [6.45, 7) is 4.46. The van der Waals surface area contributed by atoms with E-state index in [2.05, 4.69) is 0 Å². The monoisotopic (exact) mass is 221 g/mol. The van der Waals surface area contributed by atoms with Crippen molar-refractivity contribution in [3.8, 4) is 11.8 Å². The van der Waals surface area contributed by atoms with Gasteiger partial charge in [-0.15, -0.1) is 0 Å². The number of rotatable bonds is 2. The van der Waals surface area contributed by atoms with Crippen LogP contribution < -0.4 is 0 Å². The molecule has 0 spiro atoms. The lowest BCUT2D eigenvalue weighted by Gasteiger charge is -2.21. The van der Waals surface area contributed by atoms with Gasteiger partial charge in [-0.2, -0.15) is 0 Å². The zero-order valence-electron chi connectivity index (χ0n) is 9.40. The average Bonchev–Trinajstić information content (AvgIpc) is 2.91. The van der Waals surface area contributed by atoms with Gasteiger partial charge in [0.15, 0.2) is 0 Å². The van der Waals surface area contributed by atoms with Gasteiger partial charge in [0.2, 0.25) is 11.8 Å². The highest BCUT2D eigenvalue weighted by atomic mass is 16.5. The Balaban J connectivity index is 2.29. The maximum atomic E-state index is 10.1. The van der Waals surface area contributed by atoms with E-state index in [4.69, 9.17) is 4.74 Å². The van der Waals surface area contributed by atoms with Gasteiger partial charge >= 0.3 is 0 Å². The van der Waals surface area contributed by atoms with E-state index in [-0.39, 0.29) is 17.9 Å². The van der Waals surface area contributed by atoms with Crippen molar-refractivity contribution in [3.05, 3.63) is 23.3 Å². The second-order valence-electron chi connectivity index (χ2n) is 4.32. The molecule has 16 heavy (non-hydrogen) atoms. The van der Waals surface area contributed by atoms with E-state index in [9.17, 15) is 10.2 Å². The summed E-state index contributed by atoms with van der Waals surface area (Å²) in [5.74, 6) is 0.281. The molecule has 2 aliphatic heterocycles. The summed E-state index contributed by atoms with van der Waals surface area (Å²) < 4.78 is 7.36. The first-order chi connectivity index (χ1) is 7.64. The van der Waals surface area contributed by atoms with E-state index in [1.165, 1.54) is 4.57 Å². The predicted molar refractivity (Wildman–Crippen MR) is 58.4 cm³/mol. The summed E-state index contributed by atoms with van der Waals surface area (Å²) in [7, 11) is 0. The number of hydrogen-bond donors (Lipinski definition) is 2. The van der Waals surface area contributed by atoms with Crippen molar-refractivity contribution in [1.29, 1.82) is 0 Å². The van der Waals surface area contributed by atoms with Gasteiger partial charge in [-0.3, -0.25) is 4.57 Å². The molecule has 0 fully saturated rings. The summed E-state index contributed by atoms with van der Waals surface area (Å²) in [4.78, 5) is 0. The second kappa shape index (κ2) is 2.83. The Kier molecular flexibility index (Phi) is 1.73. The zero-order chi connectivity index (χ0) is 11.5. The van der Waals surface area contributed by atoms with Crippen LogP contribution >= 0.6 is 0 Å². The molecule has 1 aromatic heterocycles. The summed E-state index contributed by atoms with van der Waals surface area (Å²) in [6, 6.07) is 0. The standard InChI is InChI=1S/C12H15NO3/c1-3-12-6-5-7(16-12)8-9(12)11(15)13(4-2)10(8)14/h5-7,14-15H,3-4H2,1-2H3. The molecular formula is C12H15NO3. The van der Waals surface area contributed by atoms with E-state index < -0.39 is 5.60 Å². The van der Waals surface area contributed by atoms with Crippen LogP contribution in [0.1, 0.15) is 37.5 Å². The third-order valence-corrected chi connectivity index (χ3v) is 3.67. The molecule has 1 aromatic rings. The smallest absolute Gasteiger partial charge is 0.200 e. The van der Waals surface area contributed by atoms with E-state index in [0.29, 0.717) is 6.54 Å². The first kappa shape index (κ1) is 9.78. The second-order valence-corrected chi connectivity index (χ2v) is 4.32. The summed E-state index contributed by atoms with van der Waals surface area (Å²) in [5, 5.41) is 20.2. The van der Waals surface area contributed by atoms with Crippen molar-refractivity contribution >= 4 is 0 Å². The van der Waals surface area contributed by atoms with Crippen LogP contribution in [0.4, 0.5) is 0 Å². The van der Waals surface area contributed by atoms with Gasteiger partial charge in [0.05, 0.1) is 11.1 Å². The van der Waals surface area contributed by atoms with Crippen molar-refractivity contribution in [2.75, 3.05) is 0 Å². The number of fused-ring (bicyclic) bond motifs is 5. The molecule has 2 aliphatic rings. The van der Waals surface area contributed by atoms with Crippen molar-refractivity contribution < 1.29 is 14.9 Å². The Morgan fingerprint density at radius 2 is 2.12 bits per heavy atom. The minimum absolute atomic E-state index is 0.139. The van der Waals surface area contributed by atoms with E-state index in [0.717, 1.165) is 17.5 Å². The van der Waals surface area contributed by atoms with Crippen LogP contribution in [-0.4, -0.2) is 14.8 Å². The first-order valence-electron chi connectivity index (χ1n) is 5.66. The molecule has 2 atom stereocenters. The lowest BCUT2D eigenvalue weighted by Crippen LogP contribution is -2.19. The highest BCUT2D eigenvalue weighted by molar-refractivity contribution is 5.58. The molecule has 2 unspecified atom stereocenters. The maximum absolute atomic E-state index is 10.1. The Labute approximate surface area is 93.8 Å². The van der Waals surface area contributed by atoms with Crippen LogP contribution in [0.25, 0.3) is 0 Å². The fourth-order valence-corrected chi connectivity index (χ4v) is 2.82. The summed E-state index contributed by atoms with van der Waals surface area (Å²) >= 11 is 0. The lowest BCUT2D eigenvalue weighted by molar-refractivity contribution is -0.00808. The van der Waals surface area contributed by atoms with Gasteiger partial charge in [0.25, 0.3) is 0 Å². The Bertz CT molecular complexity index is 489. The van der Waals surface area contributed by atoms with Gasteiger partial charge in [0, 0.05) is 6.54 Å². The van der Waals surface area contributed by atoms with Crippen LogP contribution in [-0.2, 0) is 16.9 Å². The van der Waals surface area contributed by atoms with Crippen LogP contribution in [0.2, 0.25) is 0 Å². The SMILES string of the molecule is CCn1c(O)c2c(c1O)C1(CC)C=CC2O1. The topological polar surface area (TPSA) is 54.6 Å². The molecule has 2 bridgehead atoms. The molecule has 0 radical (unpaired) electrons. The molecule has 4 nitrogen and oxygen atoms in total. The molecule has 3 heterocycles. The number of ether oxygens (including phenoxy) is 1. The first-order valence-corrected chi connectivity index (χ1v) is 5.66. The van der Waals surface area contributed by atoms with Crippen molar-refractivity contribution in [2.45, 2.75) is 38.5 Å². The molecule has 3 rings (SSSR count). The summed E-state index contributed by atoms with van der Waals surface area (Å²) in [6.07, 6.45) is 4.49. The molecule has 86 valence electrons. The van der Waals surface area contributed by atoms with Crippen molar-refractivity contribution in [2.24, 2.45) is 0 Å². The molecule has 2 N–H and O–H groups in total. The molecule has 4 heteroatoms. The Hall–Kier alpha value is -1.42. The number of aromatic nitrogens is 1. The molecule has 0 aliphatic carbocycles. The third-order valence-electron chi connectivity index (χ3n) is 3.67. The van der Waals surface area contributed by atoms with Gasteiger partial charge in [-0.05, 0) is 19.4 Å². The number of aromatic hydroxyl groups is 2. The van der Waals surface area contributed by atoms with E-state index in [1.54, 1.807) is 0 Å². The molecular weight excluding hydrogens is 206 g/mol. The van der Waals surface area contributed by atoms with Gasteiger partial charge in [-0.25, -0.2) is 0 Å². The van der Waals surface area contributed by atoms with E-state index in [1.807, 2.05) is 26.0 Å². The van der Waals surface area contributed by atoms with Crippen LogP contribution in [0, 0.1) is 0 Å². The van der Waals surface area contributed by atoms with Gasteiger partial charge in [0.1, 0.15) is 11.7 Å². The fourth-order valence-electron chi connectivity index (χ4n) is 2.82. The van der Waals surface area contributed by atoms with Crippen molar-refractivity contribution in [3.63, 3.8) is 0 Å².